The number of amides is 1. The number of benzene rings is 2. The third-order valence-corrected chi connectivity index (χ3v) is 3.44. The van der Waals surface area contributed by atoms with Gasteiger partial charge in [-0.15, -0.1) is 0 Å². The highest BCUT2D eigenvalue weighted by molar-refractivity contribution is 5.94. The predicted molar refractivity (Wildman–Crippen MR) is 82.9 cm³/mol. The number of rotatable bonds is 4. The summed E-state index contributed by atoms with van der Waals surface area (Å²) in [6.45, 7) is 1.36. The minimum atomic E-state index is -0.0306. The van der Waals surface area contributed by atoms with Crippen LogP contribution in [-0.2, 0) is 6.54 Å². The Kier molecular flexibility index (Phi) is 5.67. The van der Waals surface area contributed by atoms with Crippen molar-refractivity contribution in [2.75, 3.05) is 6.54 Å². The zero-order valence-corrected chi connectivity index (χ0v) is 13.7. The van der Waals surface area contributed by atoms with Gasteiger partial charge in [-0.2, -0.15) is 0 Å². The summed E-state index contributed by atoms with van der Waals surface area (Å²) in [5.74, 6) is -0.0306. The molecule has 3 aromatic rings. The normalized spacial score (nSPS) is 10.0. The van der Waals surface area contributed by atoms with Crippen LogP contribution in [-0.4, -0.2) is 12.5 Å². The Morgan fingerprint density at radius 3 is 2.36 bits per heavy atom. The van der Waals surface area contributed by atoms with E-state index in [0.29, 0.717) is 12.1 Å². The molecule has 0 aliphatic rings. The second kappa shape index (κ2) is 7.71. The fourth-order valence-electron chi connectivity index (χ4n) is 2.31. The van der Waals surface area contributed by atoms with Gasteiger partial charge in [-0.1, -0.05) is 36.4 Å². The average molecular weight is 357 g/mol. The summed E-state index contributed by atoms with van der Waals surface area (Å²) in [7, 11) is 0. The molecule has 0 aliphatic carbocycles. The maximum Gasteiger partial charge on any atom is 0.251 e. The van der Waals surface area contributed by atoms with Gasteiger partial charge >= 0.3 is 0 Å². The number of fused-ring (bicyclic) bond motifs is 1. The highest BCUT2D eigenvalue weighted by Gasteiger charge is 2.06. The van der Waals surface area contributed by atoms with Gasteiger partial charge in [-0.25, -0.2) is 4.57 Å². The molecule has 0 saturated heterocycles. The fraction of sp³-hybridized carbons (Fsp3) is 0.111. The number of aromatic nitrogens is 1. The maximum absolute atomic E-state index is 11.9. The molecule has 0 aliphatic heterocycles. The Balaban J connectivity index is 0.00000176. The summed E-state index contributed by atoms with van der Waals surface area (Å²) in [5, 5.41) is 5.36. The summed E-state index contributed by atoms with van der Waals surface area (Å²) in [5.41, 5.74) is 0.695. The van der Waals surface area contributed by atoms with Gasteiger partial charge in [0.2, 0.25) is 0 Å². The molecule has 2 aromatic carbocycles. The Morgan fingerprint density at radius 2 is 1.59 bits per heavy atom. The highest BCUT2D eigenvalue weighted by Crippen LogP contribution is 2.09. The largest absolute Gasteiger partial charge is 1.00 e. The van der Waals surface area contributed by atoms with Crippen molar-refractivity contribution in [2.24, 2.45) is 0 Å². The van der Waals surface area contributed by atoms with Gasteiger partial charge in [0.1, 0.15) is 0 Å². The molecule has 0 radical (unpaired) electrons. The molecule has 0 fully saturated rings. The van der Waals surface area contributed by atoms with Gasteiger partial charge in [-0.3, -0.25) is 4.79 Å². The van der Waals surface area contributed by atoms with E-state index in [4.69, 9.17) is 0 Å². The molecule has 1 amide bonds. The Morgan fingerprint density at radius 1 is 0.909 bits per heavy atom. The minimum Gasteiger partial charge on any atom is -1.00 e. The highest BCUT2D eigenvalue weighted by atomic mass is 79.9. The standard InChI is InChI=1S/C18H16N2O.BrH/c21-18(16-7-2-1-3-8-16)19-11-13-20-12-10-15-6-4-5-9-17(15)14-20;/h1-10,12,14H,11,13H2;1H. The third kappa shape index (κ3) is 3.92. The van der Waals surface area contributed by atoms with Gasteiger partial charge in [0.15, 0.2) is 18.9 Å². The van der Waals surface area contributed by atoms with Crippen LogP contribution in [0.2, 0.25) is 0 Å². The van der Waals surface area contributed by atoms with Crippen LogP contribution >= 0.6 is 0 Å². The summed E-state index contributed by atoms with van der Waals surface area (Å²) in [6, 6.07) is 19.6. The summed E-state index contributed by atoms with van der Waals surface area (Å²) in [6.07, 6.45) is 4.14. The molecular weight excluding hydrogens is 340 g/mol. The van der Waals surface area contributed by atoms with Crippen molar-refractivity contribution in [3.8, 4) is 0 Å². The summed E-state index contributed by atoms with van der Waals surface area (Å²) in [4.78, 5) is 11.9. The van der Waals surface area contributed by atoms with Crippen LogP contribution in [0.3, 0.4) is 0 Å². The summed E-state index contributed by atoms with van der Waals surface area (Å²) >= 11 is 0. The van der Waals surface area contributed by atoms with Crippen LogP contribution in [0.25, 0.3) is 10.8 Å². The molecule has 1 N–H and O–H groups in total. The molecule has 0 unspecified atom stereocenters. The third-order valence-electron chi connectivity index (χ3n) is 3.44. The summed E-state index contributed by atoms with van der Waals surface area (Å²) < 4.78 is 2.09. The lowest BCUT2D eigenvalue weighted by atomic mass is 10.2. The van der Waals surface area contributed by atoms with Crippen molar-refractivity contribution in [3.05, 3.63) is 78.6 Å². The van der Waals surface area contributed by atoms with Crippen LogP contribution in [0, 0.1) is 0 Å². The maximum atomic E-state index is 11.9. The molecule has 22 heavy (non-hydrogen) atoms. The smallest absolute Gasteiger partial charge is 0.251 e. The first-order valence-corrected chi connectivity index (χ1v) is 7.04. The minimum absolute atomic E-state index is 0. The van der Waals surface area contributed by atoms with E-state index < -0.39 is 0 Å². The van der Waals surface area contributed by atoms with Crippen LogP contribution in [0.5, 0.6) is 0 Å². The molecule has 0 atom stereocenters. The van der Waals surface area contributed by atoms with Gasteiger partial charge in [0.25, 0.3) is 5.91 Å². The zero-order valence-electron chi connectivity index (χ0n) is 12.1. The molecular formula is C18H17BrN2O. The molecule has 1 aromatic heterocycles. The Hall–Kier alpha value is -2.20. The van der Waals surface area contributed by atoms with E-state index in [2.05, 4.69) is 34.3 Å². The van der Waals surface area contributed by atoms with Gasteiger partial charge in [-0.05, 0) is 23.6 Å². The van der Waals surface area contributed by atoms with Crippen LogP contribution in [0.4, 0.5) is 0 Å². The number of pyridine rings is 1. The van der Waals surface area contributed by atoms with Gasteiger partial charge < -0.3 is 22.3 Å². The van der Waals surface area contributed by atoms with E-state index in [-0.39, 0.29) is 22.9 Å². The molecule has 112 valence electrons. The quantitative estimate of drug-likeness (QED) is 0.632. The first-order valence-electron chi connectivity index (χ1n) is 7.04. The second-order valence-corrected chi connectivity index (χ2v) is 4.93. The van der Waals surface area contributed by atoms with E-state index >= 15 is 0 Å². The Bertz CT molecular complexity index is 759. The number of carbonyl (C=O) groups excluding carboxylic acids is 1. The lowest BCUT2D eigenvalue weighted by Gasteiger charge is -2.03. The molecule has 4 heteroatoms. The number of halogens is 1. The number of hydrogen-bond donors (Lipinski definition) is 1. The zero-order chi connectivity index (χ0) is 14.5. The van der Waals surface area contributed by atoms with Crippen molar-refractivity contribution >= 4 is 16.7 Å². The monoisotopic (exact) mass is 356 g/mol. The second-order valence-electron chi connectivity index (χ2n) is 4.93. The molecule has 0 saturated carbocycles. The lowest BCUT2D eigenvalue weighted by Crippen LogP contribution is -3.00. The van der Waals surface area contributed by atoms with E-state index in [0.717, 1.165) is 6.54 Å². The number of nitrogens with one attached hydrogen (secondary N) is 1. The molecule has 3 rings (SSSR count). The SMILES string of the molecule is O=C(NCC[n+]1ccc2ccccc2c1)c1ccccc1.[Br-]. The van der Waals surface area contributed by atoms with Crippen LogP contribution in [0.1, 0.15) is 10.4 Å². The molecule has 0 spiro atoms. The predicted octanol–water partition coefficient (Wildman–Crippen LogP) is -0.439. The first kappa shape index (κ1) is 16.2. The van der Waals surface area contributed by atoms with Crippen LogP contribution < -0.4 is 26.9 Å². The van der Waals surface area contributed by atoms with E-state index in [1.807, 2.05) is 48.7 Å². The van der Waals surface area contributed by atoms with Crippen molar-refractivity contribution in [1.82, 2.24) is 5.32 Å². The van der Waals surface area contributed by atoms with E-state index in [9.17, 15) is 4.79 Å². The fourth-order valence-corrected chi connectivity index (χ4v) is 2.31. The first-order chi connectivity index (χ1) is 10.3. The number of carbonyl (C=O) groups is 1. The molecule has 0 bridgehead atoms. The number of hydrogen-bond acceptors (Lipinski definition) is 1. The molecule has 1 heterocycles. The van der Waals surface area contributed by atoms with Gasteiger partial charge in [0, 0.05) is 17.0 Å². The van der Waals surface area contributed by atoms with Crippen molar-refractivity contribution in [2.45, 2.75) is 6.54 Å². The Labute approximate surface area is 140 Å². The van der Waals surface area contributed by atoms with Crippen molar-refractivity contribution in [1.29, 1.82) is 0 Å². The lowest BCUT2D eigenvalue weighted by molar-refractivity contribution is -0.693. The number of nitrogens with zero attached hydrogens (tertiary/aromatic N) is 1. The van der Waals surface area contributed by atoms with Gasteiger partial charge in [0.05, 0.1) is 6.54 Å². The topological polar surface area (TPSA) is 33.0 Å². The van der Waals surface area contributed by atoms with E-state index in [1.54, 1.807) is 0 Å². The molecule has 3 nitrogen and oxygen atoms in total. The average Bonchev–Trinajstić information content (AvgIpc) is 2.55. The van der Waals surface area contributed by atoms with Crippen molar-refractivity contribution in [3.63, 3.8) is 0 Å². The van der Waals surface area contributed by atoms with Crippen LogP contribution in [0.15, 0.2) is 73.1 Å². The van der Waals surface area contributed by atoms with E-state index in [1.165, 1.54) is 10.8 Å². The van der Waals surface area contributed by atoms with Crippen molar-refractivity contribution < 1.29 is 26.3 Å².